The Balaban J connectivity index is 1.62. The van der Waals surface area contributed by atoms with Gasteiger partial charge in [0.1, 0.15) is 0 Å². The quantitative estimate of drug-likeness (QED) is 0.803. The molecule has 26 heavy (non-hydrogen) atoms. The SMILES string of the molecule is COc1ccc(C(=O)N2CCN(C(=O)c3cc(Cl)cc(Cl)c3)CC2)cn1. The van der Waals surface area contributed by atoms with E-state index in [1.807, 2.05) is 0 Å². The summed E-state index contributed by atoms with van der Waals surface area (Å²) in [6, 6.07) is 8.10. The molecule has 1 saturated heterocycles. The average Bonchev–Trinajstić information content (AvgIpc) is 2.66. The number of pyridine rings is 1. The van der Waals surface area contributed by atoms with Crippen molar-refractivity contribution in [3.05, 3.63) is 57.7 Å². The van der Waals surface area contributed by atoms with Gasteiger partial charge in [-0.25, -0.2) is 4.98 Å². The fourth-order valence-electron chi connectivity index (χ4n) is 2.78. The molecule has 0 aliphatic carbocycles. The highest BCUT2D eigenvalue weighted by atomic mass is 35.5. The van der Waals surface area contributed by atoms with Crippen LogP contribution >= 0.6 is 23.2 Å². The van der Waals surface area contributed by atoms with E-state index in [9.17, 15) is 9.59 Å². The number of aromatic nitrogens is 1. The zero-order valence-corrected chi connectivity index (χ0v) is 15.6. The third-order valence-electron chi connectivity index (χ3n) is 4.16. The van der Waals surface area contributed by atoms with Crippen LogP contribution in [0.2, 0.25) is 10.0 Å². The second-order valence-corrected chi connectivity index (χ2v) is 6.70. The Labute approximate surface area is 161 Å². The molecule has 2 amide bonds. The highest BCUT2D eigenvalue weighted by Crippen LogP contribution is 2.21. The van der Waals surface area contributed by atoms with Gasteiger partial charge in [0.15, 0.2) is 0 Å². The van der Waals surface area contributed by atoms with Gasteiger partial charge in [0.2, 0.25) is 5.88 Å². The topological polar surface area (TPSA) is 62.7 Å². The Kier molecular flexibility index (Phi) is 5.64. The minimum absolute atomic E-state index is 0.113. The van der Waals surface area contributed by atoms with Crippen LogP contribution in [-0.2, 0) is 0 Å². The number of ether oxygens (including phenoxy) is 1. The molecule has 1 aliphatic heterocycles. The molecule has 1 aromatic heterocycles. The lowest BCUT2D eigenvalue weighted by Gasteiger charge is -2.34. The van der Waals surface area contributed by atoms with E-state index in [0.29, 0.717) is 53.2 Å². The second-order valence-electron chi connectivity index (χ2n) is 5.83. The largest absolute Gasteiger partial charge is 0.481 e. The maximum absolute atomic E-state index is 12.6. The third-order valence-corrected chi connectivity index (χ3v) is 4.59. The maximum atomic E-state index is 12.6. The van der Waals surface area contributed by atoms with Gasteiger partial charge in [0.25, 0.3) is 11.8 Å². The second kappa shape index (κ2) is 7.93. The number of rotatable bonds is 3. The van der Waals surface area contributed by atoms with Crippen molar-refractivity contribution in [3.63, 3.8) is 0 Å². The summed E-state index contributed by atoms with van der Waals surface area (Å²) in [7, 11) is 1.52. The van der Waals surface area contributed by atoms with Gasteiger partial charge in [0.05, 0.1) is 12.7 Å². The fourth-order valence-corrected chi connectivity index (χ4v) is 3.31. The first-order valence-electron chi connectivity index (χ1n) is 8.02. The number of benzene rings is 1. The molecule has 6 nitrogen and oxygen atoms in total. The van der Waals surface area contributed by atoms with Crippen molar-refractivity contribution in [1.82, 2.24) is 14.8 Å². The minimum atomic E-state index is -0.146. The van der Waals surface area contributed by atoms with Crippen molar-refractivity contribution in [2.45, 2.75) is 0 Å². The number of carbonyl (C=O) groups is 2. The average molecular weight is 394 g/mol. The number of nitrogens with zero attached hydrogens (tertiary/aromatic N) is 3. The summed E-state index contributed by atoms with van der Waals surface area (Å²) in [6.07, 6.45) is 1.49. The smallest absolute Gasteiger partial charge is 0.255 e. The van der Waals surface area contributed by atoms with Gasteiger partial charge in [-0.05, 0) is 24.3 Å². The van der Waals surface area contributed by atoms with Gasteiger partial charge in [-0.1, -0.05) is 23.2 Å². The van der Waals surface area contributed by atoms with Gasteiger partial charge in [0, 0.05) is 54.1 Å². The lowest BCUT2D eigenvalue weighted by molar-refractivity contribution is 0.0535. The molecule has 1 aromatic carbocycles. The maximum Gasteiger partial charge on any atom is 0.255 e. The van der Waals surface area contributed by atoms with Crippen LogP contribution in [0.3, 0.4) is 0 Å². The van der Waals surface area contributed by atoms with Gasteiger partial charge >= 0.3 is 0 Å². The normalized spacial score (nSPS) is 14.3. The van der Waals surface area contributed by atoms with Crippen LogP contribution in [0.25, 0.3) is 0 Å². The molecule has 2 aromatic rings. The lowest BCUT2D eigenvalue weighted by atomic mass is 10.1. The predicted octanol–water partition coefficient (Wildman–Crippen LogP) is 3.00. The summed E-state index contributed by atoms with van der Waals surface area (Å²) < 4.78 is 4.99. The van der Waals surface area contributed by atoms with E-state index in [0.717, 1.165) is 0 Å². The zero-order chi connectivity index (χ0) is 18.7. The summed E-state index contributed by atoms with van der Waals surface area (Å²) in [5.41, 5.74) is 0.939. The van der Waals surface area contributed by atoms with E-state index in [-0.39, 0.29) is 11.8 Å². The van der Waals surface area contributed by atoms with Gasteiger partial charge < -0.3 is 14.5 Å². The summed E-state index contributed by atoms with van der Waals surface area (Å²) >= 11 is 11.9. The fraction of sp³-hybridized carbons (Fsp3) is 0.278. The van der Waals surface area contributed by atoms with Gasteiger partial charge in [-0.15, -0.1) is 0 Å². The van der Waals surface area contributed by atoms with Crippen LogP contribution in [0.1, 0.15) is 20.7 Å². The van der Waals surface area contributed by atoms with E-state index in [4.69, 9.17) is 27.9 Å². The minimum Gasteiger partial charge on any atom is -0.481 e. The number of amides is 2. The summed E-state index contributed by atoms with van der Waals surface area (Å²) in [6.45, 7) is 1.78. The summed E-state index contributed by atoms with van der Waals surface area (Å²) in [5, 5.41) is 0.836. The highest BCUT2D eigenvalue weighted by molar-refractivity contribution is 6.35. The molecule has 0 atom stereocenters. The van der Waals surface area contributed by atoms with Crippen molar-refractivity contribution < 1.29 is 14.3 Å². The van der Waals surface area contributed by atoms with Crippen molar-refractivity contribution in [2.75, 3.05) is 33.3 Å². The van der Waals surface area contributed by atoms with Crippen LogP contribution in [0, 0.1) is 0 Å². The number of halogens is 2. The molecule has 1 fully saturated rings. The van der Waals surface area contributed by atoms with Crippen molar-refractivity contribution in [1.29, 1.82) is 0 Å². The molecule has 0 radical (unpaired) electrons. The lowest BCUT2D eigenvalue weighted by Crippen LogP contribution is -2.50. The van der Waals surface area contributed by atoms with Crippen LogP contribution < -0.4 is 4.74 Å². The zero-order valence-electron chi connectivity index (χ0n) is 14.1. The molecule has 3 rings (SSSR count). The number of methoxy groups -OCH3 is 1. The molecular formula is C18H17Cl2N3O3. The van der Waals surface area contributed by atoms with E-state index in [1.54, 1.807) is 40.1 Å². The van der Waals surface area contributed by atoms with E-state index < -0.39 is 0 Å². The van der Waals surface area contributed by atoms with Crippen molar-refractivity contribution in [3.8, 4) is 5.88 Å². The van der Waals surface area contributed by atoms with Crippen LogP contribution in [0.15, 0.2) is 36.5 Å². The third kappa shape index (κ3) is 4.08. The highest BCUT2D eigenvalue weighted by Gasteiger charge is 2.26. The molecule has 0 bridgehead atoms. The molecule has 2 heterocycles. The molecule has 0 unspecified atom stereocenters. The first kappa shape index (κ1) is 18.5. The first-order valence-corrected chi connectivity index (χ1v) is 8.78. The molecule has 0 spiro atoms. The number of piperazine rings is 1. The van der Waals surface area contributed by atoms with Crippen molar-refractivity contribution in [2.24, 2.45) is 0 Å². The molecule has 0 N–H and O–H groups in total. The van der Waals surface area contributed by atoms with E-state index >= 15 is 0 Å². The predicted molar refractivity (Wildman–Crippen MR) is 99.1 cm³/mol. The Morgan fingerprint density at radius 2 is 1.46 bits per heavy atom. The number of hydrogen-bond acceptors (Lipinski definition) is 4. The molecule has 0 saturated carbocycles. The number of carbonyl (C=O) groups excluding carboxylic acids is 2. The van der Waals surface area contributed by atoms with Gasteiger partial charge in [-0.3, -0.25) is 9.59 Å². The number of hydrogen-bond donors (Lipinski definition) is 0. The monoisotopic (exact) mass is 393 g/mol. The standard InChI is InChI=1S/C18H17Cl2N3O3/c1-26-16-3-2-12(11-21-16)17(24)22-4-6-23(7-5-22)18(25)13-8-14(19)10-15(20)9-13/h2-3,8-11H,4-7H2,1H3. The van der Waals surface area contributed by atoms with Crippen LogP contribution in [-0.4, -0.2) is 59.9 Å². The first-order chi connectivity index (χ1) is 12.5. The Hall–Kier alpha value is -2.31. The van der Waals surface area contributed by atoms with E-state index in [1.165, 1.54) is 13.3 Å². The van der Waals surface area contributed by atoms with Gasteiger partial charge in [-0.2, -0.15) is 0 Å². The molecular weight excluding hydrogens is 377 g/mol. The Morgan fingerprint density at radius 1 is 0.923 bits per heavy atom. The molecule has 8 heteroatoms. The van der Waals surface area contributed by atoms with E-state index in [2.05, 4.69) is 4.98 Å². The summed E-state index contributed by atoms with van der Waals surface area (Å²) in [4.78, 5) is 32.6. The Bertz CT molecular complexity index is 799. The van der Waals surface area contributed by atoms with Crippen molar-refractivity contribution >= 4 is 35.0 Å². The Morgan fingerprint density at radius 3 is 1.92 bits per heavy atom. The van der Waals surface area contributed by atoms with Crippen LogP contribution in [0.5, 0.6) is 5.88 Å². The molecule has 1 aliphatic rings. The summed E-state index contributed by atoms with van der Waals surface area (Å²) in [5.74, 6) is 0.197. The van der Waals surface area contributed by atoms with Crippen LogP contribution in [0.4, 0.5) is 0 Å². The molecule has 136 valence electrons.